The van der Waals surface area contributed by atoms with Gasteiger partial charge in [0.2, 0.25) is 0 Å². The van der Waals surface area contributed by atoms with Gasteiger partial charge >= 0.3 is 0 Å². The van der Waals surface area contributed by atoms with E-state index in [-0.39, 0.29) is 5.69 Å². The Kier molecular flexibility index (Phi) is 4.55. The van der Waals surface area contributed by atoms with E-state index < -0.39 is 10.7 Å². The zero-order chi connectivity index (χ0) is 9.56. The van der Waals surface area contributed by atoms with Gasteiger partial charge in [-0.2, -0.15) is 0 Å². The Morgan fingerprint density at radius 1 is 1.33 bits per heavy atom. The van der Waals surface area contributed by atoms with Crippen molar-refractivity contribution in [2.75, 3.05) is 7.11 Å². The van der Waals surface area contributed by atoms with Gasteiger partial charge in [-0.05, 0) is 12.1 Å². The molecule has 0 spiro atoms. The lowest BCUT2D eigenvalue weighted by Gasteiger charge is -1.87. The van der Waals surface area contributed by atoms with E-state index in [1.165, 1.54) is 0 Å². The largest absolute Gasteiger partial charge is 0.400 e. The van der Waals surface area contributed by atoms with E-state index in [9.17, 15) is 14.5 Å². The van der Waals surface area contributed by atoms with Crippen LogP contribution in [0.1, 0.15) is 0 Å². The van der Waals surface area contributed by atoms with E-state index in [1.807, 2.05) is 0 Å². The number of nitrogens with zero attached hydrogens (tertiary/aromatic N) is 1. The quantitative estimate of drug-likeness (QED) is 0.514. The molecule has 0 heterocycles. The Morgan fingerprint density at radius 3 is 2.08 bits per heavy atom. The highest BCUT2D eigenvalue weighted by atomic mass is 19.1. The molecule has 0 saturated heterocycles. The topological polar surface area (TPSA) is 63.4 Å². The van der Waals surface area contributed by atoms with Crippen molar-refractivity contribution < 1.29 is 14.4 Å². The SMILES string of the molecule is CO.O=[N+]([O-])c1ccc(F)cc1. The standard InChI is InChI=1S/C6H4FNO2.CH4O/c7-5-1-3-6(4-2-5)8(9)10;1-2/h1-4H;2H,1H3. The molecular formula is C7H8FNO3. The molecule has 0 radical (unpaired) electrons. The van der Waals surface area contributed by atoms with Gasteiger partial charge in [0, 0.05) is 19.2 Å². The molecule has 0 amide bonds. The Labute approximate surface area is 68.4 Å². The minimum atomic E-state index is -0.570. The van der Waals surface area contributed by atoms with Gasteiger partial charge in [0.15, 0.2) is 0 Å². The van der Waals surface area contributed by atoms with Crippen LogP contribution in [0.15, 0.2) is 24.3 Å². The van der Waals surface area contributed by atoms with Crippen LogP contribution in [0.2, 0.25) is 0 Å². The van der Waals surface area contributed by atoms with Crippen molar-refractivity contribution in [2.45, 2.75) is 0 Å². The molecule has 0 atom stereocenters. The predicted molar refractivity (Wildman–Crippen MR) is 41.2 cm³/mol. The highest BCUT2D eigenvalue weighted by Gasteiger charge is 2.01. The van der Waals surface area contributed by atoms with E-state index >= 15 is 0 Å². The summed E-state index contributed by atoms with van der Waals surface area (Å²) in [5, 5.41) is 17.0. The summed E-state index contributed by atoms with van der Waals surface area (Å²) in [5.41, 5.74) is -0.0959. The second kappa shape index (κ2) is 5.20. The van der Waals surface area contributed by atoms with Crippen LogP contribution >= 0.6 is 0 Å². The molecule has 0 unspecified atom stereocenters. The van der Waals surface area contributed by atoms with Gasteiger partial charge in [-0.3, -0.25) is 10.1 Å². The summed E-state index contributed by atoms with van der Waals surface area (Å²) in [7, 11) is 1.00. The molecule has 1 aromatic rings. The highest BCUT2D eigenvalue weighted by molar-refractivity contribution is 5.28. The van der Waals surface area contributed by atoms with Gasteiger partial charge < -0.3 is 5.11 Å². The molecule has 0 aromatic heterocycles. The molecule has 4 nitrogen and oxygen atoms in total. The zero-order valence-electron chi connectivity index (χ0n) is 6.40. The number of hydrogen-bond acceptors (Lipinski definition) is 3. The van der Waals surface area contributed by atoms with Crippen LogP contribution in [0, 0.1) is 15.9 Å². The van der Waals surface area contributed by atoms with Crippen LogP contribution in [0.4, 0.5) is 10.1 Å². The van der Waals surface area contributed by atoms with Gasteiger partial charge in [-0.1, -0.05) is 0 Å². The maximum absolute atomic E-state index is 12.1. The van der Waals surface area contributed by atoms with Gasteiger partial charge in [0.05, 0.1) is 4.92 Å². The summed E-state index contributed by atoms with van der Waals surface area (Å²) >= 11 is 0. The van der Waals surface area contributed by atoms with Crippen molar-refractivity contribution in [1.29, 1.82) is 0 Å². The lowest BCUT2D eigenvalue weighted by molar-refractivity contribution is -0.384. The smallest absolute Gasteiger partial charge is 0.269 e. The molecule has 1 N–H and O–H groups in total. The molecule has 0 aliphatic heterocycles. The van der Waals surface area contributed by atoms with Crippen LogP contribution < -0.4 is 0 Å². The fourth-order valence-corrected chi connectivity index (χ4v) is 0.563. The molecule has 1 rings (SSSR count). The van der Waals surface area contributed by atoms with Crippen LogP contribution in [0.25, 0.3) is 0 Å². The van der Waals surface area contributed by atoms with E-state index in [0.717, 1.165) is 31.4 Å². The van der Waals surface area contributed by atoms with E-state index in [1.54, 1.807) is 0 Å². The average Bonchev–Trinajstić information content (AvgIpc) is 2.09. The van der Waals surface area contributed by atoms with Crippen LogP contribution in [0.3, 0.4) is 0 Å². The third-order valence-electron chi connectivity index (χ3n) is 1.04. The molecule has 0 aliphatic rings. The number of halogens is 1. The first-order chi connectivity index (χ1) is 5.70. The van der Waals surface area contributed by atoms with Crippen LogP contribution in [-0.2, 0) is 0 Å². The fraction of sp³-hybridized carbons (Fsp3) is 0.143. The maximum atomic E-state index is 12.1. The minimum Gasteiger partial charge on any atom is -0.400 e. The van der Waals surface area contributed by atoms with Crippen molar-refractivity contribution in [1.82, 2.24) is 0 Å². The fourth-order valence-electron chi connectivity index (χ4n) is 0.563. The van der Waals surface area contributed by atoms with E-state index in [0.29, 0.717) is 0 Å². The van der Waals surface area contributed by atoms with Gasteiger partial charge in [0.1, 0.15) is 5.82 Å². The molecule has 5 heteroatoms. The summed E-state index contributed by atoms with van der Waals surface area (Å²) in [5.74, 6) is -0.467. The van der Waals surface area contributed by atoms with Crippen molar-refractivity contribution >= 4 is 5.69 Å². The molecule has 66 valence electrons. The van der Waals surface area contributed by atoms with E-state index in [4.69, 9.17) is 5.11 Å². The first-order valence-corrected chi connectivity index (χ1v) is 3.05. The number of aliphatic hydroxyl groups excluding tert-OH is 1. The van der Waals surface area contributed by atoms with Gasteiger partial charge in [-0.25, -0.2) is 4.39 Å². The summed E-state index contributed by atoms with van der Waals surface area (Å²) in [6.07, 6.45) is 0. The molecule has 0 bridgehead atoms. The number of benzene rings is 1. The monoisotopic (exact) mass is 173 g/mol. The third kappa shape index (κ3) is 3.07. The normalized spacial score (nSPS) is 8.25. The summed E-state index contributed by atoms with van der Waals surface area (Å²) in [6.45, 7) is 0. The van der Waals surface area contributed by atoms with Gasteiger partial charge in [0.25, 0.3) is 5.69 Å². The Bertz CT molecular complexity index is 247. The van der Waals surface area contributed by atoms with Crippen LogP contribution in [0.5, 0.6) is 0 Å². The number of aliphatic hydroxyl groups is 1. The van der Waals surface area contributed by atoms with Crippen molar-refractivity contribution in [3.8, 4) is 0 Å². The van der Waals surface area contributed by atoms with Gasteiger partial charge in [-0.15, -0.1) is 0 Å². The maximum Gasteiger partial charge on any atom is 0.269 e. The second-order valence-electron chi connectivity index (χ2n) is 1.73. The lowest BCUT2D eigenvalue weighted by Crippen LogP contribution is -1.86. The number of hydrogen-bond donors (Lipinski definition) is 1. The Hall–Kier alpha value is -1.49. The van der Waals surface area contributed by atoms with Crippen molar-refractivity contribution in [3.63, 3.8) is 0 Å². The first kappa shape index (κ1) is 10.5. The third-order valence-corrected chi connectivity index (χ3v) is 1.04. The molecule has 0 saturated carbocycles. The Morgan fingerprint density at radius 2 is 1.75 bits per heavy atom. The summed E-state index contributed by atoms with van der Waals surface area (Å²) in [4.78, 5) is 9.43. The first-order valence-electron chi connectivity index (χ1n) is 3.05. The number of non-ortho nitro benzene ring substituents is 1. The summed E-state index contributed by atoms with van der Waals surface area (Å²) < 4.78 is 12.1. The lowest BCUT2D eigenvalue weighted by atomic mass is 10.3. The van der Waals surface area contributed by atoms with Crippen LogP contribution in [-0.4, -0.2) is 17.1 Å². The minimum absolute atomic E-state index is 0.0959. The Balaban J connectivity index is 0.000000561. The number of nitro groups is 1. The van der Waals surface area contributed by atoms with E-state index in [2.05, 4.69) is 0 Å². The summed E-state index contributed by atoms with van der Waals surface area (Å²) in [6, 6.07) is 4.35. The molecule has 1 aromatic carbocycles. The van der Waals surface area contributed by atoms with Crippen molar-refractivity contribution in [3.05, 3.63) is 40.2 Å². The molecule has 0 aliphatic carbocycles. The predicted octanol–water partition coefficient (Wildman–Crippen LogP) is 1.34. The molecule has 12 heavy (non-hydrogen) atoms. The highest BCUT2D eigenvalue weighted by Crippen LogP contribution is 2.09. The number of nitro benzene ring substituents is 1. The molecular weight excluding hydrogens is 165 g/mol. The number of rotatable bonds is 1. The molecule has 0 fully saturated rings. The van der Waals surface area contributed by atoms with Crippen molar-refractivity contribution in [2.24, 2.45) is 0 Å². The zero-order valence-corrected chi connectivity index (χ0v) is 6.40. The second-order valence-corrected chi connectivity index (χ2v) is 1.73. The average molecular weight is 173 g/mol.